The third-order valence-corrected chi connectivity index (χ3v) is 3.85. The molecule has 0 amide bonds. The zero-order valence-corrected chi connectivity index (χ0v) is 17.1. The first-order chi connectivity index (χ1) is 13.5. The van der Waals surface area contributed by atoms with Gasteiger partial charge in [0.1, 0.15) is 12.7 Å². The van der Waals surface area contributed by atoms with E-state index in [-0.39, 0.29) is 19.6 Å². The van der Waals surface area contributed by atoms with Crippen molar-refractivity contribution in [1.29, 1.82) is 0 Å². The van der Waals surface area contributed by atoms with Gasteiger partial charge in [-0.2, -0.15) is 0 Å². The average Bonchev–Trinajstić information content (AvgIpc) is 2.57. The van der Waals surface area contributed by atoms with Crippen LogP contribution in [0, 0.1) is 0 Å². The van der Waals surface area contributed by atoms with Gasteiger partial charge >= 0.3 is 23.9 Å². The van der Waals surface area contributed by atoms with Crippen molar-refractivity contribution in [3.05, 3.63) is 0 Å². The Morgan fingerprint density at radius 1 is 0.862 bits per heavy atom. The summed E-state index contributed by atoms with van der Waals surface area (Å²) in [6.07, 6.45) is -6.33. The van der Waals surface area contributed by atoms with Crippen LogP contribution in [0.25, 0.3) is 0 Å². The molecule has 0 spiro atoms. The van der Waals surface area contributed by atoms with Crippen LogP contribution in [0.5, 0.6) is 0 Å². The van der Waals surface area contributed by atoms with Crippen molar-refractivity contribution in [3.63, 3.8) is 0 Å². The fourth-order valence-corrected chi connectivity index (χ4v) is 2.78. The largest absolute Gasteiger partial charge is 0.463 e. The molecule has 1 fully saturated rings. The van der Waals surface area contributed by atoms with Crippen LogP contribution in [0.1, 0.15) is 41.0 Å². The van der Waals surface area contributed by atoms with E-state index in [1.807, 2.05) is 0 Å². The maximum atomic E-state index is 11.7. The Kier molecular flexibility index (Phi) is 9.99. The van der Waals surface area contributed by atoms with Crippen LogP contribution in [0.3, 0.4) is 0 Å². The normalized spacial score (nSPS) is 27.4. The van der Waals surface area contributed by atoms with E-state index >= 15 is 0 Å². The Morgan fingerprint density at radius 2 is 1.38 bits per heavy atom. The standard InChI is InChI=1S/C18H28O11/c1-9(6-7-19)25-18-17(28-13(5)23)16(27-12(4)22)15(26-11(3)21)14(29-18)8-24-10(2)20/h9,14-19H,6-8H2,1-5H3/t9-,14-,15+,16+,17-,18-/m1/s1. The molecule has 11 nitrogen and oxygen atoms in total. The molecule has 1 aliphatic rings. The third-order valence-electron chi connectivity index (χ3n) is 3.85. The van der Waals surface area contributed by atoms with Gasteiger partial charge in [0.15, 0.2) is 24.6 Å². The summed E-state index contributed by atoms with van der Waals surface area (Å²) >= 11 is 0. The predicted molar refractivity (Wildman–Crippen MR) is 94.2 cm³/mol. The minimum absolute atomic E-state index is 0.160. The fourth-order valence-electron chi connectivity index (χ4n) is 2.78. The van der Waals surface area contributed by atoms with Gasteiger partial charge in [-0.3, -0.25) is 19.2 Å². The first kappa shape index (κ1) is 24.8. The summed E-state index contributed by atoms with van der Waals surface area (Å²) in [5, 5.41) is 9.10. The van der Waals surface area contributed by atoms with Crippen LogP contribution in [0.4, 0.5) is 0 Å². The van der Waals surface area contributed by atoms with Gasteiger partial charge in [-0.1, -0.05) is 0 Å². The van der Waals surface area contributed by atoms with Gasteiger partial charge in [0.2, 0.25) is 0 Å². The maximum absolute atomic E-state index is 11.7. The van der Waals surface area contributed by atoms with Gasteiger partial charge in [-0.15, -0.1) is 0 Å². The number of ether oxygens (including phenoxy) is 6. The molecule has 1 saturated heterocycles. The maximum Gasteiger partial charge on any atom is 0.303 e. The van der Waals surface area contributed by atoms with E-state index in [1.165, 1.54) is 6.92 Å². The second kappa shape index (κ2) is 11.7. The number of esters is 4. The molecule has 1 aliphatic heterocycles. The summed E-state index contributed by atoms with van der Waals surface area (Å²) < 4.78 is 32.2. The molecule has 0 bridgehead atoms. The molecule has 0 aromatic rings. The number of hydrogen-bond donors (Lipinski definition) is 1. The van der Waals surface area contributed by atoms with Crippen LogP contribution in [0.2, 0.25) is 0 Å². The zero-order chi connectivity index (χ0) is 22.1. The van der Waals surface area contributed by atoms with Crippen molar-refractivity contribution in [2.75, 3.05) is 13.2 Å². The summed E-state index contributed by atoms with van der Waals surface area (Å²) in [6, 6.07) is 0. The molecule has 6 atom stereocenters. The topological polar surface area (TPSA) is 144 Å². The summed E-state index contributed by atoms with van der Waals surface area (Å²) in [5.41, 5.74) is 0. The monoisotopic (exact) mass is 420 g/mol. The van der Waals surface area contributed by atoms with Crippen LogP contribution >= 0.6 is 0 Å². The summed E-state index contributed by atoms with van der Waals surface area (Å²) in [6.45, 7) is 5.77. The van der Waals surface area contributed by atoms with E-state index in [1.54, 1.807) is 6.92 Å². The molecule has 0 unspecified atom stereocenters. The lowest BCUT2D eigenvalue weighted by Crippen LogP contribution is -2.63. The molecule has 29 heavy (non-hydrogen) atoms. The Hall–Kier alpha value is -2.24. The Labute approximate surface area is 168 Å². The Bertz CT molecular complexity index is 590. The molecule has 166 valence electrons. The van der Waals surface area contributed by atoms with E-state index in [0.717, 1.165) is 20.8 Å². The smallest absolute Gasteiger partial charge is 0.303 e. The Morgan fingerprint density at radius 3 is 1.86 bits per heavy atom. The van der Waals surface area contributed by atoms with Gasteiger partial charge < -0.3 is 33.5 Å². The lowest BCUT2D eigenvalue weighted by atomic mass is 9.98. The van der Waals surface area contributed by atoms with E-state index in [4.69, 9.17) is 33.5 Å². The van der Waals surface area contributed by atoms with Crippen LogP contribution in [-0.4, -0.2) is 79.0 Å². The molecule has 11 heteroatoms. The van der Waals surface area contributed by atoms with E-state index in [2.05, 4.69) is 0 Å². The van der Waals surface area contributed by atoms with Crippen LogP contribution in [-0.2, 0) is 47.6 Å². The number of rotatable bonds is 9. The van der Waals surface area contributed by atoms with Crippen molar-refractivity contribution >= 4 is 23.9 Å². The predicted octanol–water partition coefficient (Wildman–Crippen LogP) is -0.143. The lowest BCUT2D eigenvalue weighted by Gasteiger charge is -2.44. The number of carbonyl (C=O) groups is 4. The molecule has 1 N–H and O–H groups in total. The number of aliphatic hydroxyl groups excluding tert-OH is 1. The molecular formula is C18H28O11. The van der Waals surface area contributed by atoms with Crippen molar-refractivity contribution in [1.82, 2.24) is 0 Å². The first-order valence-corrected chi connectivity index (χ1v) is 9.11. The fraction of sp³-hybridized carbons (Fsp3) is 0.778. The lowest BCUT2D eigenvalue weighted by molar-refractivity contribution is -0.316. The van der Waals surface area contributed by atoms with Crippen molar-refractivity contribution < 1.29 is 52.7 Å². The highest BCUT2D eigenvalue weighted by molar-refractivity contribution is 5.68. The highest BCUT2D eigenvalue weighted by Crippen LogP contribution is 2.30. The summed E-state index contributed by atoms with van der Waals surface area (Å²) in [7, 11) is 0. The van der Waals surface area contributed by atoms with Gasteiger partial charge in [-0.25, -0.2) is 0 Å². The minimum Gasteiger partial charge on any atom is -0.463 e. The second-order valence-electron chi connectivity index (χ2n) is 6.53. The summed E-state index contributed by atoms with van der Waals surface area (Å²) in [4.78, 5) is 46.1. The van der Waals surface area contributed by atoms with Crippen molar-refractivity contribution in [3.8, 4) is 0 Å². The molecular weight excluding hydrogens is 392 g/mol. The van der Waals surface area contributed by atoms with Crippen molar-refractivity contribution in [2.24, 2.45) is 0 Å². The molecule has 0 aliphatic carbocycles. The van der Waals surface area contributed by atoms with Crippen LogP contribution < -0.4 is 0 Å². The van der Waals surface area contributed by atoms with E-state index < -0.39 is 60.7 Å². The van der Waals surface area contributed by atoms with Gasteiger partial charge in [0.25, 0.3) is 0 Å². The second-order valence-corrected chi connectivity index (χ2v) is 6.53. The van der Waals surface area contributed by atoms with Crippen molar-refractivity contribution in [2.45, 2.75) is 77.8 Å². The number of hydrogen-bond acceptors (Lipinski definition) is 11. The molecule has 0 aromatic heterocycles. The molecule has 0 aromatic carbocycles. The average molecular weight is 420 g/mol. The zero-order valence-electron chi connectivity index (χ0n) is 17.1. The van der Waals surface area contributed by atoms with Crippen LogP contribution in [0.15, 0.2) is 0 Å². The first-order valence-electron chi connectivity index (χ1n) is 9.11. The molecule has 1 heterocycles. The highest BCUT2D eigenvalue weighted by Gasteiger charge is 2.53. The molecule has 0 saturated carbocycles. The van der Waals surface area contributed by atoms with Gasteiger partial charge in [0.05, 0.1) is 6.10 Å². The number of carbonyl (C=O) groups excluding carboxylic acids is 4. The number of aliphatic hydroxyl groups is 1. The minimum atomic E-state index is -1.28. The van der Waals surface area contributed by atoms with Gasteiger partial charge in [0, 0.05) is 34.3 Å². The molecule has 0 radical (unpaired) electrons. The highest BCUT2D eigenvalue weighted by atomic mass is 16.7. The summed E-state index contributed by atoms with van der Waals surface area (Å²) in [5.74, 6) is -2.75. The van der Waals surface area contributed by atoms with E-state index in [0.29, 0.717) is 0 Å². The third kappa shape index (κ3) is 8.34. The van der Waals surface area contributed by atoms with Gasteiger partial charge in [-0.05, 0) is 13.3 Å². The Balaban J connectivity index is 3.28. The quantitative estimate of drug-likeness (QED) is 0.393. The van der Waals surface area contributed by atoms with E-state index in [9.17, 15) is 19.2 Å². The molecule has 1 rings (SSSR count). The SMILES string of the molecule is CC(=O)OC[C@H]1O[C@@H](O[C@H](C)CCO)[C@H](OC(C)=O)[C@@H](OC(C)=O)[C@H]1OC(C)=O.